The minimum Gasteiger partial charge on any atom is -0.324 e. The molecular formula is C13H10BrClN2O2. The number of carbonyl (C=O) groups excluding carboxylic acids is 1. The summed E-state index contributed by atoms with van der Waals surface area (Å²) >= 11 is 9.08. The fourth-order valence-electron chi connectivity index (χ4n) is 1.55. The third-order valence-corrected chi connectivity index (χ3v) is 3.07. The lowest BCUT2D eigenvalue weighted by Gasteiger charge is -2.07. The monoisotopic (exact) mass is 340 g/mol. The summed E-state index contributed by atoms with van der Waals surface area (Å²) < 4.78 is 2.06. The maximum atomic E-state index is 11.8. The van der Waals surface area contributed by atoms with Gasteiger partial charge in [0.15, 0.2) is 0 Å². The lowest BCUT2D eigenvalue weighted by atomic mass is 10.3. The van der Waals surface area contributed by atoms with Gasteiger partial charge in [0.2, 0.25) is 5.91 Å². The van der Waals surface area contributed by atoms with E-state index < -0.39 is 0 Å². The summed E-state index contributed by atoms with van der Waals surface area (Å²) in [6.07, 6.45) is 1.57. The number of amides is 1. The van der Waals surface area contributed by atoms with Crippen LogP contribution in [0.25, 0.3) is 0 Å². The van der Waals surface area contributed by atoms with Crippen molar-refractivity contribution in [3.63, 3.8) is 0 Å². The van der Waals surface area contributed by atoms with Gasteiger partial charge in [-0.05, 0) is 40.2 Å². The maximum Gasteiger partial charge on any atom is 0.251 e. The molecule has 0 saturated carbocycles. The van der Waals surface area contributed by atoms with Gasteiger partial charge in [0, 0.05) is 27.4 Å². The first-order chi connectivity index (χ1) is 9.04. The Bertz CT molecular complexity index is 670. The molecule has 1 aromatic carbocycles. The number of nitrogens with zero attached hydrogens (tertiary/aromatic N) is 1. The smallest absolute Gasteiger partial charge is 0.251 e. The summed E-state index contributed by atoms with van der Waals surface area (Å²) in [6.45, 7) is -0.0508. The molecule has 1 aromatic heterocycles. The van der Waals surface area contributed by atoms with Gasteiger partial charge in [-0.25, -0.2) is 0 Å². The molecule has 19 heavy (non-hydrogen) atoms. The molecule has 1 heterocycles. The Balaban J connectivity index is 2.09. The van der Waals surface area contributed by atoms with E-state index in [0.29, 0.717) is 10.7 Å². The van der Waals surface area contributed by atoms with Crippen molar-refractivity contribution in [2.45, 2.75) is 6.54 Å². The summed E-state index contributed by atoms with van der Waals surface area (Å²) in [5.41, 5.74) is 0.366. The topological polar surface area (TPSA) is 51.1 Å². The average molecular weight is 342 g/mol. The first-order valence-electron chi connectivity index (χ1n) is 5.46. The highest BCUT2D eigenvalue weighted by molar-refractivity contribution is 9.10. The van der Waals surface area contributed by atoms with Gasteiger partial charge in [0.25, 0.3) is 5.56 Å². The first kappa shape index (κ1) is 13.8. The Morgan fingerprint density at radius 3 is 2.84 bits per heavy atom. The number of aromatic nitrogens is 1. The quantitative estimate of drug-likeness (QED) is 0.933. The normalized spacial score (nSPS) is 10.2. The highest BCUT2D eigenvalue weighted by atomic mass is 79.9. The first-order valence-corrected chi connectivity index (χ1v) is 6.63. The van der Waals surface area contributed by atoms with E-state index in [-0.39, 0.29) is 18.0 Å². The van der Waals surface area contributed by atoms with Crippen molar-refractivity contribution in [1.82, 2.24) is 4.57 Å². The van der Waals surface area contributed by atoms with Crippen LogP contribution in [0, 0.1) is 0 Å². The SMILES string of the molecule is O=C(Cn1cc(Br)ccc1=O)Nc1cccc(Cl)c1. The number of anilines is 1. The lowest BCUT2D eigenvalue weighted by molar-refractivity contribution is -0.116. The molecule has 0 saturated heterocycles. The molecule has 0 bridgehead atoms. The fraction of sp³-hybridized carbons (Fsp3) is 0.0769. The van der Waals surface area contributed by atoms with Crippen LogP contribution >= 0.6 is 27.5 Å². The number of pyridine rings is 1. The van der Waals surface area contributed by atoms with Crippen LogP contribution in [-0.4, -0.2) is 10.5 Å². The van der Waals surface area contributed by atoms with Gasteiger partial charge in [0.1, 0.15) is 6.54 Å². The summed E-state index contributed by atoms with van der Waals surface area (Å²) in [6, 6.07) is 9.86. The van der Waals surface area contributed by atoms with Crippen molar-refractivity contribution < 1.29 is 4.79 Å². The van der Waals surface area contributed by atoms with Crippen molar-refractivity contribution >= 4 is 39.1 Å². The van der Waals surface area contributed by atoms with Crippen LogP contribution in [0.15, 0.2) is 51.9 Å². The van der Waals surface area contributed by atoms with Crippen LogP contribution in [0.1, 0.15) is 0 Å². The Hall–Kier alpha value is -1.59. The number of hydrogen-bond donors (Lipinski definition) is 1. The maximum absolute atomic E-state index is 11.8. The summed E-state index contributed by atoms with van der Waals surface area (Å²) in [5, 5.41) is 3.22. The van der Waals surface area contributed by atoms with Crippen LogP contribution in [0.5, 0.6) is 0 Å². The van der Waals surface area contributed by atoms with E-state index in [1.165, 1.54) is 10.6 Å². The molecule has 0 unspecified atom stereocenters. The highest BCUT2D eigenvalue weighted by Gasteiger charge is 2.05. The van der Waals surface area contributed by atoms with E-state index in [9.17, 15) is 9.59 Å². The molecule has 1 amide bonds. The Labute approximate surface area is 123 Å². The van der Waals surface area contributed by atoms with E-state index in [1.54, 1.807) is 36.5 Å². The number of hydrogen-bond acceptors (Lipinski definition) is 2. The van der Waals surface area contributed by atoms with E-state index in [4.69, 9.17) is 11.6 Å². The van der Waals surface area contributed by atoms with Gasteiger partial charge in [-0.1, -0.05) is 17.7 Å². The zero-order chi connectivity index (χ0) is 13.8. The largest absolute Gasteiger partial charge is 0.324 e. The van der Waals surface area contributed by atoms with Crippen molar-refractivity contribution in [2.24, 2.45) is 0 Å². The van der Waals surface area contributed by atoms with Crippen LogP contribution in [0.2, 0.25) is 5.02 Å². The molecule has 1 N–H and O–H groups in total. The Morgan fingerprint density at radius 2 is 2.11 bits per heavy atom. The zero-order valence-corrected chi connectivity index (χ0v) is 12.1. The van der Waals surface area contributed by atoms with Crippen LogP contribution in [0.3, 0.4) is 0 Å². The van der Waals surface area contributed by atoms with Gasteiger partial charge in [0.05, 0.1) is 0 Å². The van der Waals surface area contributed by atoms with E-state index in [1.807, 2.05) is 0 Å². The molecule has 0 atom stereocenters. The molecule has 4 nitrogen and oxygen atoms in total. The molecule has 0 spiro atoms. The third kappa shape index (κ3) is 3.94. The Kier molecular flexibility index (Phi) is 4.39. The van der Waals surface area contributed by atoms with E-state index in [0.717, 1.165) is 4.47 Å². The second-order valence-electron chi connectivity index (χ2n) is 3.87. The molecule has 0 radical (unpaired) electrons. The van der Waals surface area contributed by atoms with Crippen LogP contribution < -0.4 is 10.9 Å². The summed E-state index contributed by atoms with van der Waals surface area (Å²) in [5.74, 6) is -0.289. The second kappa shape index (κ2) is 6.04. The van der Waals surface area contributed by atoms with Crippen molar-refractivity contribution in [2.75, 3.05) is 5.32 Å². The number of nitrogens with one attached hydrogen (secondary N) is 1. The second-order valence-corrected chi connectivity index (χ2v) is 5.22. The number of benzene rings is 1. The van der Waals surface area contributed by atoms with Gasteiger partial charge >= 0.3 is 0 Å². The highest BCUT2D eigenvalue weighted by Crippen LogP contribution is 2.14. The average Bonchev–Trinajstić information content (AvgIpc) is 2.34. The van der Waals surface area contributed by atoms with Gasteiger partial charge < -0.3 is 9.88 Å². The number of rotatable bonds is 3. The predicted octanol–water partition coefficient (Wildman–Crippen LogP) is 2.90. The van der Waals surface area contributed by atoms with Gasteiger partial charge in [-0.2, -0.15) is 0 Å². The zero-order valence-electron chi connectivity index (χ0n) is 9.77. The molecule has 0 fully saturated rings. The molecule has 6 heteroatoms. The Morgan fingerprint density at radius 1 is 1.32 bits per heavy atom. The van der Waals surface area contributed by atoms with Crippen molar-refractivity contribution in [1.29, 1.82) is 0 Å². The number of carbonyl (C=O) groups is 1. The lowest BCUT2D eigenvalue weighted by Crippen LogP contribution is -2.26. The van der Waals surface area contributed by atoms with Crippen molar-refractivity contribution in [3.05, 3.63) is 62.4 Å². The minimum atomic E-state index is -0.289. The van der Waals surface area contributed by atoms with Gasteiger partial charge in [-0.3, -0.25) is 9.59 Å². The molecule has 0 aliphatic rings. The summed E-state index contributed by atoms with van der Waals surface area (Å²) in [7, 11) is 0. The molecule has 2 aromatic rings. The van der Waals surface area contributed by atoms with Crippen LogP contribution in [-0.2, 0) is 11.3 Å². The minimum absolute atomic E-state index is 0.0508. The van der Waals surface area contributed by atoms with Crippen molar-refractivity contribution in [3.8, 4) is 0 Å². The predicted molar refractivity (Wildman–Crippen MR) is 78.5 cm³/mol. The van der Waals surface area contributed by atoms with E-state index in [2.05, 4.69) is 21.2 Å². The standard InChI is InChI=1S/C13H10BrClN2O2/c14-9-4-5-13(19)17(7-9)8-12(18)16-11-3-1-2-10(15)6-11/h1-7H,8H2,(H,16,18). The van der Waals surface area contributed by atoms with Crippen LogP contribution in [0.4, 0.5) is 5.69 Å². The molecule has 2 rings (SSSR count). The van der Waals surface area contributed by atoms with E-state index >= 15 is 0 Å². The summed E-state index contributed by atoms with van der Waals surface area (Å²) in [4.78, 5) is 23.4. The third-order valence-electron chi connectivity index (χ3n) is 2.37. The molecule has 0 aliphatic carbocycles. The fourth-order valence-corrected chi connectivity index (χ4v) is 2.12. The molecule has 98 valence electrons. The molecular weight excluding hydrogens is 332 g/mol. The van der Waals surface area contributed by atoms with Gasteiger partial charge in [-0.15, -0.1) is 0 Å². The number of halogens is 2. The molecule has 0 aliphatic heterocycles.